The summed E-state index contributed by atoms with van der Waals surface area (Å²) < 4.78 is 1.84. The Balaban J connectivity index is 0.00000200. The second-order valence-electron chi connectivity index (χ2n) is 4.85. The Bertz CT molecular complexity index is 575. The summed E-state index contributed by atoms with van der Waals surface area (Å²) in [7, 11) is 0. The molecule has 0 radical (unpaired) electrons. The lowest BCUT2D eigenvalue weighted by atomic mass is 10.1. The molecule has 0 spiro atoms. The summed E-state index contributed by atoms with van der Waals surface area (Å²) in [6.07, 6.45) is 0. The monoisotopic (exact) mass is 423 g/mol. The van der Waals surface area contributed by atoms with Crippen molar-refractivity contribution in [2.45, 2.75) is 26.4 Å². The molecular formula is C12H16Br2ClN5. The lowest BCUT2D eigenvalue weighted by Gasteiger charge is -2.39. The van der Waals surface area contributed by atoms with E-state index in [9.17, 15) is 0 Å². The molecule has 110 valence electrons. The molecule has 2 rings (SSSR count). The van der Waals surface area contributed by atoms with E-state index in [0.29, 0.717) is 5.96 Å². The van der Waals surface area contributed by atoms with Crippen LogP contribution in [0.15, 0.2) is 31.1 Å². The van der Waals surface area contributed by atoms with Crippen molar-refractivity contribution in [3.8, 4) is 0 Å². The third-order valence-corrected chi connectivity index (χ3v) is 3.99. The second kappa shape index (κ2) is 5.91. The molecule has 4 N–H and O–H groups in total. The first-order chi connectivity index (χ1) is 8.72. The first kappa shape index (κ1) is 17.3. The highest BCUT2D eigenvalue weighted by Gasteiger charge is 2.35. The molecule has 0 aliphatic carbocycles. The molecule has 0 bridgehead atoms. The number of hydrogen-bond donors (Lipinski definition) is 2. The Morgan fingerprint density at radius 3 is 2.10 bits per heavy atom. The molecule has 5 nitrogen and oxygen atoms in total. The quantitative estimate of drug-likeness (QED) is 0.726. The minimum absolute atomic E-state index is 0. The zero-order chi connectivity index (χ0) is 14.4. The number of aryl methyl sites for hydroxylation is 1. The van der Waals surface area contributed by atoms with Crippen molar-refractivity contribution in [2.75, 3.05) is 4.90 Å². The van der Waals surface area contributed by atoms with Crippen molar-refractivity contribution < 1.29 is 0 Å². The normalized spacial score (nSPS) is 17.1. The Labute approximate surface area is 141 Å². The molecule has 1 aromatic carbocycles. The van der Waals surface area contributed by atoms with Crippen molar-refractivity contribution in [1.82, 2.24) is 0 Å². The zero-order valence-electron chi connectivity index (χ0n) is 11.3. The predicted molar refractivity (Wildman–Crippen MR) is 93.6 cm³/mol. The molecule has 0 fully saturated rings. The average Bonchev–Trinajstić information content (AvgIpc) is 2.19. The Morgan fingerprint density at radius 2 is 1.65 bits per heavy atom. The van der Waals surface area contributed by atoms with E-state index in [0.717, 1.165) is 20.2 Å². The van der Waals surface area contributed by atoms with Crippen LogP contribution in [0.1, 0.15) is 19.4 Å². The summed E-state index contributed by atoms with van der Waals surface area (Å²) in [5, 5.41) is 0. The van der Waals surface area contributed by atoms with E-state index in [2.05, 4.69) is 41.8 Å². The van der Waals surface area contributed by atoms with Crippen LogP contribution in [0.3, 0.4) is 0 Å². The molecular weight excluding hydrogens is 409 g/mol. The standard InChI is InChI=1S/C12H15Br2N5.ClH/c1-6-4-7(13)9(8(14)5-6)19-11(16)17-10(15)18-12(19,2)3;/h4-5H,1-3H3,(H4,15,16,17,18);1H. The Morgan fingerprint density at radius 1 is 1.15 bits per heavy atom. The molecule has 0 unspecified atom stereocenters. The van der Waals surface area contributed by atoms with Gasteiger partial charge in [0.1, 0.15) is 5.66 Å². The molecule has 8 heteroatoms. The number of rotatable bonds is 1. The van der Waals surface area contributed by atoms with Gasteiger partial charge in [0, 0.05) is 8.95 Å². The number of hydrogen-bond acceptors (Lipinski definition) is 5. The van der Waals surface area contributed by atoms with Crippen molar-refractivity contribution >= 4 is 61.9 Å². The van der Waals surface area contributed by atoms with Gasteiger partial charge in [-0.15, -0.1) is 12.4 Å². The Hall–Kier alpha value is -0.790. The third kappa shape index (κ3) is 3.10. The highest BCUT2D eigenvalue weighted by atomic mass is 79.9. The van der Waals surface area contributed by atoms with Gasteiger partial charge in [-0.3, -0.25) is 4.90 Å². The maximum absolute atomic E-state index is 6.03. The van der Waals surface area contributed by atoms with E-state index in [1.807, 2.05) is 37.8 Å². The zero-order valence-corrected chi connectivity index (χ0v) is 15.3. The summed E-state index contributed by atoms with van der Waals surface area (Å²) in [5.41, 5.74) is 13.1. The highest BCUT2D eigenvalue weighted by Crippen LogP contribution is 2.39. The number of aliphatic imine (C=N–C) groups is 2. The minimum atomic E-state index is -0.601. The van der Waals surface area contributed by atoms with Crippen LogP contribution in [-0.2, 0) is 0 Å². The molecule has 1 heterocycles. The van der Waals surface area contributed by atoms with Crippen molar-refractivity contribution in [3.63, 3.8) is 0 Å². The van der Waals surface area contributed by atoms with Gasteiger partial charge >= 0.3 is 0 Å². The number of halogens is 3. The van der Waals surface area contributed by atoms with Crippen LogP contribution in [0.4, 0.5) is 5.69 Å². The molecule has 1 aliphatic rings. The number of nitrogens with zero attached hydrogens (tertiary/aromatic N) is 3. The van der Waals surface area contributed by atoms with Gasteiger partial charge < -0.3 is 11.5 Å². The van der Waals surface area contributed by atoms with E-state index in [-0.39, 0.29) is 18.4 Å². The number of guanidine groups is 2. The molecule has 1 aliphatic heterocycles. The summed E-state index contributed by atoms with van der Waals surface area (Å²) in [4.78, 5) is 10.2. The largest absolute Gasteiger partial charge is 0.369 e. The topological polar surface area (TPSA) is 80.0 Å². The van der Waals surface area contributed by atoms with Crippen LogP contribution in [-0.4, -0.2) is 17.6 Å². The van der Waals surface area contributed by atoms with E-state index >= 15 is 0 Å². The van der Waals surface area contributed by atoms with Gasteiger partial charge in [-0.05, 0) is 70.3 Å². The van der Waals surface area contributed by atoms with Crippen LogP contribution < -0.4 is 16.4 Å². The number of benzene rings is 1. The maximum Gasteiger partial charge on any atom is 0.220 e. The maximum atomic E-state index is 6.03. The lowest BCUT2D eigenvalue weighted by molar-refractivity contribution is 0.532. The lowest BCUT2D eigenvalue weighted by Crippen LogP contribution is -2.54. The summed E-state index contributed by atoms with van der Waals surface area (Å²) in [6, 6.07) is 4.04. The smallest absolute Gasteiger partial charge is 0.220 e. The minimum Gasteiger partial charge on any atom is -0.369 e. The van der Waals surface area contributed by atoms with Gasteiger partial charge in [0.05, 0.1) is 5.69 Å². The fourth-order valence-electron chi connectivity index (χ4n) is 2.10. The van der Waals surface area contributed by atoms with Gasteiger partial charge in [-0.25, -0.2) is 4.99 Å². The summed E-state index contributed by atoms with van der Waals surface area (Å²) in [6.45, 7) is 5.88. The van der Waals surface area contributed by atoms with Gasteiger partial charge in [-0.2, -0.15) is 4.99 Å². The van der Waals surface area contributed by atoms with E-state index in [1.54, 1.807) is 0 Å². The summed E-state index contributed by atoms with van der Waals surface area (Å²) in [5.74, 6) is 0.515. The highest BCUT2D eigenvalue weighted by molar-refractivity contribution is 9.11. The molecule has 20 heavy (non-hydrogen) atoms. The van der Waals surface area contributed by atoms with Gasteiger partial charge in [0.2, 0.25) is 11.9 Å². The van der Waals surface area contributed by atoms with Crippen LogP contribution in [0.25, 0.3) is 0 Å². The number of anilines is 1. The molecule has 0 saturated carbocycles. The predicted octanol–water partition coefficient (Wildman–Crippen LogP) is 3.13. The Kier molecular flexibility index (Phi) is 5.10. The van der Waals surface area contributed by atoms with Gasteiger partial charge in [0.15, 0.2) is 0 Å². The van der Waals surface area contributed by atoms with Crippen molar-refractivity contribution in [1.29, 1.82) is 0 Å². The van der Waals surface area contributed by atoms with Gasteiger partial charge in [-0.1, -0.05) is 0 Å². The average molecular weight is 426 g/mol. The van der Waals surface area contributed by atoms with Crippen LogP contribution >= 0.6 is 44.3 Å². The number of nitrogens with two attached hydrogens (primary N) is 2. The van der Waals surface area contributed by atoms with Gasteiger partial charge in [0.25, 0.3) is 0 Å². The molecule has 0 amide bonds. The fourth-order valence-corrected chi connectivity index (χ4v) is 3.87. The second-order valence-corrected chi connectivity index (χ2v) is 6.56. The van der Waals surface area contributed by atoms with E-state index in [4.69, 9.17) is 11.5 Å². The summed E-state index contributed by atoms with van der Waals surface area (Å²) >= 11 is 7.13. The third-order valence-electron chi connectivity index (χ3n) is 2.78. The fraction of sp³-hybridized carbons (Fsp3) is 0.333. The van der Waals surface area contributed by atoms with Crippen molar-refractivity contribution in [2.24, 2.45) is 21.5 Å². The van der Waals surface area contributed by atoms with Crippen molar-refractivity contribution in [3.05, 3.63) is 26.6 Å². The molecule has 1 aromatic rings. The molecule has 0 aromatic heterocycles. The van der Waals surface area contributed by atoms with Crippen LogP contribution in [0, 0.1) is 6.92 Å². The molecule has 0 atom stereocenters. The van der Waals surface area contributed by atoms with E-state index in [1.165, 1.54) is 0 Å². The first-order valence-electron chi connectivity index (χ1n) is 5.68. The van der Waals surface area contributed by atoms with Crippen LogP contribution in [0.5, 0.6) is 0 Å². The first-order valence-corrected chi connectivity index (χ1v) is 7.26. The SMILES string of the molecule is Cc1cc(Br)c(N2C(N)=NC(N)=NC2(C)C)c(Br)c1.Cl. The van der Waals surface area contributed by atoms with Crippen LogP contribution in [0.2, 0.25) is 0 Å². The van der Waals surface area contributed by atoms with E-state index < -0.39 is 5.66 Å². The molecule has 0 saturated heterocycles.